The van der Waals surface area contributed by atoms with Crippen LogP contribution in [0, 0.1) is 5.92 Å². The van der Waals surface area contributed by atoms with Crippen molar-refractivity contribution >= 4 is 22.6 Å². The van der Waals surface area contributed by atoms with Crippen LogP contribution in [0.4, 0.5) is 0 Å². The second-order valence-electron chi connectivity index (χ2n) is 6.64. The Balaban J connectivity index is 1.47. The zero-order valence-corrected chi connectivity index (χ0v) is 13.7. The van der Waals surface area contributed by atoms with E-state index in [1.807, 2.05) is 12.1 Å². The van der Waals surface area contributed by atoms with Gasteiger partial charge in [-0.25, -0.2) is 0 Å². The van der Waals surface area contributed by atoms with Crippen LogP contribution in [0.1, 0.15) is 37.7 Å². The summed E-state index contributed by atoms with van der Waals surface area (Å²) in [4.78, 5) is 23.1. The van der Waals surface area contributed by atoms with Crippen LogP contribution in [0.5, 0.6) is 0 Å². The smallest absolute Gasteiger partial charge is 0.306 e. The topological polar surface area (TPSA) is 66.4 Å². The average molecular weight is 325 g/mol. The normalized spacial score (nSPS) is 20.7. The maximum atomic E-state index is 12.1. The van der Waals surface area contributed by atoms with E-state index in [0.717, 1.165) is 19.3 Å². The molecule has 1 amide bonds. The summed E-state index contributed by atoms with van der Waals surface area (Å²) < 4.78 is 0. The molecule has 0 aliphatic heterocycles. The van der Waals surface area contributed by atoms with Crippen LogP contribution < -0.4 is 5.32 Å². The third-order valence-electron chi connectivity index (χ3n) is 4.90. The summed E-state index contributed by atoms with van der Waals surface area (Å²) in [6.07, 6.45) is 4.03. The van der Waals surface area contributed by atoms with Crippen molar-refractivity contribution in [2.45, 2.75) is 44.6 Å². The van der Waals surface area contributed by atoms with Crippen LogP contribution in [0.25, 0.3) is 10.8 Å². The lowest BCUT2D eigenvalue weighted by molar-refractivity contribution is -0.142. The predicted octanol–water partition coefficient (Wildman–Crippen LogP) is 3.53. The van der Waals surface area contributed by atoms with Crippen LogP contribution in [-0.4, -0.2) is 23.0 Å². The summed E-state index contributed by atoms with van der Waals surface area (Å²) in [7, 11) is 0. The zero-order valence-electron chi connectivity index (χ0n) is 13.7. The number of carbonyl (C=O) groups excluding carboxylic acids is 1. The average Bonchev–Trinajstić information content (AvgIpc) is 2.60. The van der Waals surface area contributed by atoms with Crippen molar-refractivity contribution < 1.29 is 14.7 Å². The molecule has 0 aromatic heterocycles. The quantitative estimate of drug-likeness (QED) is 0.884. The molecule has 0 bridgehead atoms. The molecule has 1 fully saturated rings. The number of hydrogen-bond donors (Lipinski definition) is 2. The highest BCUT2D eigenvalue weighted by molar-refractivity contribution is 5.83. The van der Waals surface area contributed by atoms with Gasteiger partial charge in [0.2, 0.25) is 5.91 Å². The lowest BCUT2D eigenvalue weighted by atomic mass is 9.86. The van der Waals surface area contributed by atoms with Crippen molar-refractivity contribution in [3.63, 3.8) is 0 Å². The molecule has 2 aromatic carbocycles. The van der Waals surface area contributed by atoms with E-state index < -0.39 is 5.97 Å². The predicted molar refractivity (Wildman–Crippen MR) is 93.8 cm³/mol. The largest absolute Gasteiger partial charge is 0.481 e. The number of aliphatic carboxylic acids is 1. The molecular weight excluding hydrogens is 302 g/mol. The van der Waals surface area contributed by atoms with Crippen molar-refractivity contribution in [3.05, 3.63) is 48.0 Å². The first kappa shape index (κ1) is 16.5. The van der Waals surface area contributed by atoms with Gasteiger partial charge in [-0.15, -0.1) is 0 Å². The lowest BCUT2D eigenvalue weighted by Crippen LogP contribution is -2.38. The van der Waals surface area contributed by atoms with Crippen LogP contribution in [-0.2, 0) is 16.0 Å². The van der Waals surface area contributed by atoms with Crippen molar-refractivity contribution in [2.75, 3.05) is 0 Å². The molecule has 2 aromatic rings. The molecule has 2 N–H and O–H groups in total. The molecule has 0 radical (unpaired) electrons. The molecule has 0 spiro atoms. The summed E-state index contributed by atoms with van der Waals surface area (Å²) in [5.74, 6) is -0.895. The minimum Gasteiger partial charge on any atom is -0.481 e. The molecule has 4 heteroatoms. The van der Waals surface area contributed by atoms with Gasteiger partial charge in [0.1, 0.15) is 0 Å². The van der Waals surface area contributed by atoms with Crippen LogP contribution in [0.15, 0.2) is 42.5 Å². The van der Waals surface area contributed by atoms with E-state index in [-0.39, 0.29) is 17.9 Å². The number of carboxylic acid groups (broad SMARTS) is 1. The first-order valence-electron chi connectivity index (χ1n) is 8.61. The number of amides is 1. The highest BCUT2D eigenvalue weighted by Crippen LogP contribution is 2.24. The Hall–Kier alpha value is -2.36. The number of rotatable bonds is 5. The van der Waals surface area contributed by atoms with E-state index in [4.69, 9.17) is 5.11 Å². The molecule has 126 valence electrons. The number of nitrogens with one attached hydrogen (secondary N) is 1. The molecule has 0 atom stereocenters. The van der Waals surface area contributed by atoms with E-state index in [1.54, 1.807) is 0 Å². The highest BCUT2D eigenvalue weighted by atomic mass is 16.4. The minimum atomic E-state index is -0.712. The van der Waals surface area contributed by atoms with Crippen molar-refractivity contribution in [3.8, 4) is 0 Å². The Kier molecular flexibility index (Phi) is 5.14. The monoisotopic (exact) mass is 325 g/mol. The maximum Gasteiger partial charge on any atom is 0.306 e. The Bertz CT molecular complexity index is 732. The first-order chi connectivity index (χ1) is 11.6. The number of fused-ring (bicyclic) bond motifs is 1. The third-order valence-corrected chi connectivity index (χ3v) is 4.90. The summed E-state index contributed by atoms with van der Waals surface area (Å²) in [6.45, 7) is 0. The van der Waals surface area contributed by atoms with E-state index in [2.05, 4.69) is 35.6 Å². The Morgan fingerprint density at radius 1 is 1.00 bits per heavy atom. The van der Waals surface area contributed by atoms with Gasteiger partial charge in [0.15, 0.2) is 0 Å². The fourth-order valence-corrected chi connectivity index (χ4v) is 3.44. The fourth-order valence-electron chi connectivity index (χ4n) is 3.44. The minimum absolute atomic E-state index is 0.0573. The summed E-state index contributed by atoms with van der Waals surface area (Å²) >= 11 is 0. The van der Waals surface area contributed by atoms with Crippen molar-refractivity contribution in [1.82, 2.24) is 5.32 Å². The SMILES string of the molecule is O=C(CCc1ccc2ccccc2c1)NC1CCC(C(=O)O)CC1. The van der Waals surface area contributed by atoms with E-state index in [1.165, 1.54) is 16.3 Å². The molecule has 1 aliphatic carbocycles. The molecule has 1 aliphatic rings. The number of hydrogen-bond acceptors (Lipinski definition) is 2. The maximum absolute atomic E-state index is 12.1. The molecular formula is C20H23NO3. The molecule has 0 heterocycles. The van der Waals surface area contributed by atoms with Gasteiger partial charge in [0, 0.05) is 12.5 Å². The number of carbonyl (C=O) groups is 2. The Morgan fingerprint density at radius 2 is 1.71 bits per heavy atom. The fraction of sp³-hybridized carbons (Fsp3) is 0.400. The van der Waals surface area contributed by atoms with Crippen LogP contribution >= 0.6 is 0 Å². The van der Waals surface area contributed by atoms with E-state index in [9.17, 15) is 9.59 Å². The zero-order chi connectivity index (χ0) is 16.9. The molecule has 1 saturated carbocycles. The second-order valence-corrected chi connectivity index (χ2v) is 6.64. The van der Waals surface area contributed by atoms with Crippen LogP contribution in [0.2, 0.25) is 0 Å². The van der Waals surface area contributed by atoms with Crippen LogP contribution in [0.3, 0.4) is 0 Å². The Morgan fingerprint density at radius 3 is 2.42 bits per heavy atom. The van der Waals surface area contributed by atoms with Gasteiger partial charge in [-0.2, -0.15) is 0 Å². The van der Waals surface area contributed by atoms with E-state index >= 15 is 0 Å². The second kappa shape index (κ2) is 7.47. The van der Waals surface area contributed by atoms with Gasteiger partial charge in [-0.3, -0.25) is 9.59 Å². The van der Waals surface area contributed by atoms with Gasteiger partial charge in [-0.1, -0.05) is 42.5 Å². The van der Waals surface area contributed by atoms with Gasteiger partial charge in [0.25, 0.3) is 0 Å². The number of carboxylic acids is 1. The molecule has 4 nitrogen and oxygen atoms in total. The molecule has 0 saturated heterocycles. The standard InChI is InChI=1S/C20H23NO3/c22-19(21-18-10-8-16(9-11-18)20(23)24)12-6-14-5-7-15-3-1-2-4-17(15)13-14/h1-5,7,13,16,18H,6,8-12H2,(H,21,22)(H,23,24). The summed E-state index contributed by atoms with van der Waals surface area (Å²) in [5, 5.41) is 14.5. The third kappa shape index (κ3) is 4.13. The van der Waals surface area contributed by atoms with Crippen molar-refractivity contribution in [1.29, 1.82) is 0 Å². The number of benzene rings is 2. The molecule has 0 unspecified atom stereocenters. The first-order valence-corrected chi connectivity index (χ1v) is 8.61. The summed E-state index contributed by atoms with van der Waals surface area (Å²) in [5.41, 5.74) is 1.17. The van der Waals surface area contributed by atoms with Gasteiger partial charge in [0.05, 0.1) is 5.92 Å². The molecule has 3 rings (SSSR count). The summed E-state index contributed by atoms with van der Waals surface area (Å²) in [6, 6.07) is 14.6. The van der Waals surface area contributed by atoms with Gasteiger partial charge in [-0.05, 0) is 48.4 Å². The lowest BCUT2D eigenvalue weighted by Gasteiger charge is -2.26. The Labute approximate surface area is 141 Å². The van der Waals surface area contributed by atoms with Gasteiger partial charge >= 0.3 is 5.97 Å². The van der Waals surface area contributed by atoms with Crippen molar-refractivity contribution in [2.24, 2.45) is 5.92 Å². The molecule has 24 heavy (non-hydrogen) atoms. The van der Waals surface area contributed by atoms with Gasteiger partial charge < -0.3 is 10.4 Å². The van der Waals surface area contributed by atoms with E-state index in [0.29, 0.717) is 19.3 Å². The number of aryl methyl sites for hydroxylation is 1. The highest BCUT2D eigenvalue weighted by Gasteiger charge is 2.26.